The van der Waals surface area contributed by atoms with E-state index < -0.39 is 0 Å². The molecule has 0 atom stereocenters. The molecule has 0 aromatic heterocycles. The quantitative estimate of drug-likeness (QED) is 0.532. The molecule has 1 aliphatic carbocycles. The number of rotatable bonds is 0. The number of halogens is 1. The minimum Gasteiger partial charge on any atom is -0.0884 e. The third-order valence-corrected chi connectivity index (χ3v) is 1.80. The Morgan fingerprint density at radius 3 is 2.40 bits per heavy atom. The van der Waals surface area contributed by atoms with Crippen LogP contribution in [0.15, 0.2) is 29.3 Å². The van der Waals surface area contributed by atoms with Gasteiger partial charge < -0.3 is 0 Å². The van der Waals surface area contributed by atoms with Gasteiger partial charge >= 0.3 is 0 Å². The predicted molar refractivity (Wildman–Crippen MR) is 43.7 cm³/mol. The second-order valence-corrected chi connectivity index (χ2v) is 2.74. The fourth-order valence-corrected chi connectivity index (χ4v) is 1.35. The Morgan fingerprint density at radius 1 is 1.00 bits per heavy atom. The van der Waals surface area contributed by atoms with Gasteiger partial charge in [0.2, 0.25) is 0 Å². The Morgan fingerprint density at radius 2 is 1.70 bits per heavy atom. The van der Waals surface area contributed by atoms with E-state index in [4.69, 9.17) is 11.6 Å². The standard InChI is InChI=1S/C9H6Cl/c10-9-5-7-3-1-2-4-8(7)6-9/h1-6H. The highest BCUT2D eigenvalue weighted by molar-refractivity contribution is 6.33. The monoisotopic (exact) mass is 149 g/mol. The van der Waals surface area contributed by atoms with Gasteiger partial charge in [-0.1, -0.05) is 35.9 Å². The molecule has 49 valence electrons. The van der Waals surface area contributed by atoms with Gasteiger partial charge in [-0.3, -0.25) is 0 Å². The number of hydrogen-bond acceptors (Lipinski definition) is 0. The highest BCUT2D eigenvalue weighted by Crippen LogP contribution is 2.28. The predicted octanol–water partition coefficient (Wildman–Crippen LogP) is 2.83. The van der Waals surface area contributed by atoms with Crippen LogP contribution in [0.25, 0.3) is 6.08 Å². The van der Waals surface area contributed by atoms with Gasteiger partial charge in [-0.25, -0.2) is 0 Å². The van der Waals surface area contributed by atoms with Crippen LogP contribution in [-0.4, -0.2) is 0 Å². The number of fused-ring (bicyclic) bond motifs is 1. The molecule has 0 nitrogen and oxygen atoms in total. The fourth-order valence-electron chi connectivity index (χ4n) is 1.11. The summed E-state index contributed by atoms with van der Waals surface area (Å²) < 4.78 is 0. The SMILES string of the molecule is ClC1=Cc2ccccc2[CH]1. The average Bonchev–Trinajstić information content (AvgIpc) is 2.27. The molecular weight excluding hydrogens is 144 g/mol. The Bertz CT molecular complexity index is 287. The van der Waals surface area contributed by atoms with E-state index >= 15 is 0 Å². The van der Waals surface area contributed by atoms with Gasteiger partial charge in [0.1, 0.15) is 0 Å². The summed E-state index contributed by atoms with van der Waals surface area (Å²) in [6.07, 6.45) is 3.94. The summed E-state index contributed by atoms with van der Waals surface area (Å²) in [6, 6.07) is 8.14. The van der Waals surface area contributed by atoms with Crippen LogP contribution in [0, 0.1) is 6.42 Å². The van der Waals surface area contributed by atoms with Crippen molar-refractivity contribution in [1.29, 1.82) is 0 Å². The number of hydrogen-bond donors (Lipinski definition) is 0. The molecule has 0 N–H and O–H groups in total. The molecule has 0 saturated heterocycles. The van der Waals surface area contributed by atoms with Crippen LogP contribution < -0.4 is 0 Å². The van der Waals surface area contributed by atoms with Crippen molar-refractivity contribution in [1.82, 2.24) is 0 Å². The Kier molecular flexibility index (Phi) is 1.28. The van der Waals surface area contributed by atoms with Crippen LogP contribution in [0.4, 0.5) is 0 Å². The van der Waals surface area contributed by atoms with Crippen LogP contribution >= 0.6 is 11.6 Å². The lowest BCUT2D eigenvalue weighted by atomic mass is 10.1. The molecule has 1 radical (unpaired) electrons. The molecular formula is C9H6Cl. The van der Waals surface area contributed by atoms with Crippen molar-refractivity contribution < 1.29 is 0 Å². The zero-order chi connectivity index (χ0) is 6.97. The summed E-state index contributed by atoms with van der Waals surface area (Å²) in [6.45, 7) is 0. The second-order valence-electron chi connectivity index (χ2n) is 2.30. The van der Waals surface area contributed by atoms with Gasteiger partial charge in [0.15, 0.2) is 0 Å². The third kappa shape index (κ3) is 0.850. The zero-order valence-corrected chi connectivity index (χ0v) is 6.10. The maximum absolute atomic E-state index is 5.78. The topological polar surface area (TPSA) is 0 Å². The van der Waals surface area contributed by atoms with Crippen LogP contribution in [-0.2, 0) is 0 Å². The zero-order valence-electron chi connectivity index (χ0n) is 5.34. The van der Waals surface area contributed by atoms with E-state index in [1.54, 1.807) is 0 Å². The van der Waals surface area contributed by atoms with E-state index in [2.05, 4.69) is 12.1 Å². The summed E-state index contributed by atoms with van der Waals surface area (Å²) in [4.78, 5) is 0. The van der Waals surface area contributed by atoms with Gasteiger partial charge in [-0.2, -0.15) is 0 Å². The van der Waals surface area contributed by atoms with Crippen LogP contribution in [0.3, 0.4) is 0 Å². The maximum Gasteiger partial charge on any atom is 0.0322 e. The Labute approximate surface area is 65.1 Å². The summed E-state index contributed by atoms with van der Waals surface area (Å²) in [5.74, 6) is 0. The van der Waals surface area contributed by atoms with Crippen molar-refractivity contribution in [3.8, 4) is 0 Å². The van der Waals surface area contributed by atoms with Crippen LogP contribution in [0.2, 0.25) is 0 Å². The minimum atomic E-state index is 0.821. The molecule has 0 fully saturated rings. The largest absolute Gasteiger partial charge is 0.0884 e. The molecule has 0 amide bonds. The molecule has 0 spiro atoms. The van der Waals surface area contributed by atoms with Gasteiger partial charge in [0, 0.05) is 11.5 Å². The maximum atomic E-state index is 5.78. The van der Waals surface area contributed by atoms with E-state index in [1.807, 2.05) is 24.6 Å². The first kappa shape index (κ1) is 5.99. The van der Waals surface area contributed by atoms with Crippen molar-refractivity contribution in [3.63, 3.8) is 0 Å². The molecule has 0 heterocycles. The molecule has 0 bridgehead atoms. The van der Waals surface area contributed by atoms with E-state index in [-0.39, 0.29) is 0 Å². The molecule has 10 heavy (non-hydrogen) atoms. The van der Waals surface area contributed by atoms with Gasteiger partial charge in [-0.15, -0.1) is 0 Å². The average molecular weight is 150 g/mol. The van der Waals surface area contributed by atoms with E-state index in [0.717, 1.165) is 5.03 Å². The summed E-state index contributed by atoms with van der Waals surface area (Å²) in [5.41, 5.74) is 2.43. The van der Waals surface area contributed by atoms with Crippen molar-refractivity contribution >= 4 is 17.7 Å². The highest BCUT2D eigenvalue weighted by Gasteiger charge is 2.08. The van der Waals surface area contributed by atoms with Gasteiger partial charge in [0.05, 0.1) is 0 Å². The highest BCUT2D eigenvalue weighted by atomic mass is 35.5. The second kappa shape index (κ2) is 2.14. The first-order chi connectivity index (χ1) is 4.86. The summed E-state index contributed by atoms with van der Waals surface area (Å²) in [7, 11) is 0. The molecule has 0 aliphatic heterocycles. The van der Waals surface area contributed by atoms with Gasteiger partial charge in [0.25, 0.3) is 0 Å². The molecule has 0 saturated carbocycles. The lowest BCUT2D eigenvalue weighted by molar-refractivity contribution is 1.54. The van der Waals surface area contributed by atoms with E-state index in [9.17, 15) is 0 Å². The molecule has 1 heteroatoms. The number of allylic oxidation sites excluding steroid dienone is 1. The van der Waals surface area contributed by atoms with E-state index in [1.165, 1.54) is 11.1 Å². The van der Waals surface area contributed by atoms with Crippen molar-refractivity contribution in [3.05, 3.63) is 46.8 Å². The molecule has 0 unspecified atom stereocenters. The third-order valence-electron chi connectivity index (χ3n) is 1.58. The van der Waals surface area contributed by atoms with Crippen molar-refractivity contribution in [2.75, 3.05) is 0 Å². The summed E-state index contributed by atoms with van der Waals surface area (Å²) >= 11 is 5.78. The van der Waals surface area contributed by atoms with Crippen molar-refractivity contribution in [2.24, 2.45) is 0 Å². The molecule has 1 aliphatic rings. The molecule has 1 aromatic rings. The van der Waals surface area contributed by atoms with Crippen LogP contribution in [0.5, 0.6) is 0 Å². The smallest absolute Gasteiger partial charge is 0.0322 e. The fraction of sp³-hybridized carbons (Fsp3) is 0. The molecule has 2 rings (SSSR count). The first-order valence-electron chi connectivity index (χ1n) is 3.17. The Hall–Kier alpha value is -0.750. The van der Waals surface area contributed by atoms with Crippen LogP contribution in [0.1, 0.15) is 11.1 Å². The normalized spacial score (nSPS) is 14.7. The number of benzene rings is 1. The van der Waals surface area contributed by atoms with E-state index in [0.29, 0.717) is 0 Å². The lowest BCUT2D eigenvalue weighted by Crippen LogP contribution is -1.75. The first-order valence-corrected chi connectivity index (χ1v) is 3.55. The van der Waals surface area contributed by atoms with Gasteiger partial charge in [-0.05, 0) is 17.2 Å². The Balaban J connectivity index is 2.54. The molecule has 1 aromatic carbocycles. The minimum absolute atomic E-state index is 0.821. The van der Waals surface area contributed by atoms with Crippen molar-refractivity contribution in [2.45, 2.75) is 0 Å². The summed E-state index contributed by atoms with van der Waals surface area (Å²) in [5, 5.41) is 0.821. The lowest BCUT2D eigenvalue weighted by Gasteiger charge is -1.92.